The summed E-state index contributed by atoms with van der Waals surface area (Å²) >= 11 is 0. The number of nitrogens with zero attached hydrogens (tertiary/aromatic N) is 2. The fraction of sp³-hybridized carbons (Fsp3) is 0.667. The van der Waals surface area contributed by atoms with Crippen LogP contribution in [0, 0.1) is 5.92 Å². The second kappa shape index (κ2) is 6.86. The summed E-state index contributed by atoms with van der Waals surface area (Å²) in [5.41, 5.74) is 1.18. The van der Waals surface area contributed by atoms with E-state index in [9.17, 15) is 0 Å². The Balaban J connectivity index is 1.70. The smallest absolute Gasteiger partial charge is 0.0416 e. The van der Waals surface area contributed by atoms with Gasteiger partial charge in [-0.3, -0.25) is 4.98 Å². The zero-order valence-corrected chi connectivity index (χ0v) is 11.6. The molecule has 0 aromatic carbocycles. The van der Waals surface area contributed by atoms with Gasteiger partial charge in [0.15, 0.2) is 0 Å². The SMILES string of the molecule is CC(NCCc1ccccn1)C1CCCN(C)C1. The molecule has 2 rings (SSSR count). The van der Waals surface area contributed by atoms with E-state index in [0.29, 0.717) is 6.04 Å². The Bertz CT molecular complexity index is 339. The van der Waals surface area contributed by atoms with Gasteiger partial charge in [-0.15, -0.1) is 0 Å². The van der Waals surface area contributed by atoms with Crippen LogP contribution < -0.4 is 5.32 Å². The fourth-order valence-corrected chi connectivity index (χ4v) is 2.75. The molecule has 0 aliphatic carbocycles. The number of pyridine rings is 1. The number of nitrogens with one attached hydrogen (secondary N) is 1. The molecule has 0 bridgehead atoms. The molecule has 3 heteroatoms. The first-order valence-corrected chi connectivity index (χ1v) is 7.07. The minimum Gasteiger partial charge on any atom is -0.314 e. The van der Waals surface area contributed by atoms with Crippen molar-refractivity contribution in [2.75, 3.05) is 26.7 Å². The van der Waals surface area contributed by atoms with Crippen molar-refractivity contribution in [3.63, 3.8) is 0 Å². The van der Waals surface area contributed by atoms with Crippen molar-refractivity contribution in [1.29, 1.82) is 0 Å². The molecule has 0 amide bonds. The van der Waals surface area contributed by atoms with Crippen molar-refractivity contribution in [2.45, 2.75) is 32.2 Å². The van der Waals surface area contributed by atoms with Crippen molar-refractivity contribution in [1.82, 2.24) is 15.2 Å². The van der Waals surface area contributed by atoms with Gasteiger partial charge in [-0.2, -0.15) is 0 Å². The van der Waals surface area contributed by atoms with Crippen molar-refractivity contribution in [2.24, 2.45) is 5.92 Å². The number of hydrogen-bond acceptors (Lipinski definition) is 3. The average Bonchev–Trinajstić information content (AvgIpc) is 2.40. The highest BCUT2D eigenvalue weighted by Crippen LogP contribution is 2.18. The Kier molecular flexibility index (Phi) is 5.14. The second-order valence-corrected chi connectivity index (χ2v) is 5.48. The molecule has 1 aliphatic heterocycles. The molecule has 2 unspecified atom stereocenters. The lowest BCUT2D eigenvalue weighted by Crippen LogP contribution is -2.43. The highest BCUT2D eigenvalue weighted by atomic mass is 15.1. The van der Waals surface area contributed by atoms with E-state index in [2.05, 4.69) is 41.3 Å². The third kappa shape index (κ3) is 4.07. The molecule has 3 nitrogen and oxygen atoms in total. The molecule has 0 spiro atoms. The maximum absolute atomic E-state index is 4.35. The quantitative estimate of drug-likeness (QED) is 0.862. The number of aromatic nitrogens is 1. The predicted octanol–water partition coefficient (Wildman–Crippen LogP) is 1.94. The summed E-state index contributed by atoms with van der Waals surface area (Å²) < 4.78 is 0. The summed E-state index contributed by atoms with van der Waals surface area (Å²) in [4.78, 5) is 6.80. The van der Waals surface area contributed by atoms with Crippen molar-refractivity contribution >= 4 is 0 Å². The lowest BCUT2D eigenvalue weighted by atomic mass is 9.92. The molecular weight excluding hydrogens is 222 g/mol. The van der Waals surface area contributed by atoms with Crippen LogP contribution in [0.25, 0.3) is 0 Å². The maximum atomic E-state index is 4.35. The Morgan fingerprint density at radius 1 is 1.50 bits per heavy atom. The van der Waals surface area contributed by atoms with Gasteiger partial charge in [-0.1, -0.05) is 6.07 Å². The summed E-state index contributed by atoms with van der Waals surface area (Å²) in [7, 11) is 2.23. The van der Waals surface area contributed by atoms with E-state index >= 15 is 0 Å². The van der Waals surface area contributed by atoms with Crippen molar-refractivity contribution < 1.29 is 0 Å². The van der Waals surface area contributed by atoms with Gasteiger partial charge in [-0.25, -0.2) is 0 Å². The zero-order valence-electron chi connectivity index (χ0n) is 11.6. The van der Waals surface area contributed by atoms with Gasteiger partial charge in [0, 0.05) is 37.4 Å². The summed E-state index contributed by atoms with van der Waals surface area (Å²) in [6, 6.07) is 6.73. The van der Waals surface area contributed by atoms with Gasteiger partial charge in [0.1, 0.15) is 0 Å². The lowest BCUT2D eigenvalue weighted by molar-refractivity contribution is 0.179. The van der Waals surface area contributed by atoms with Crippen molar-refractivity contribution in [3.8, 4) is 0 Å². The third-order valence-corrected chi connectivity index (χ3v) is 3.94. The molecule has 1 fully saturated rings. The predicted molar refractivity (Wildman–Crippen MR) is 75.6 cm³/mol. The molecular formula is C15H25N3. The van der Waals surface area contributed by atoms with E-state index in [1.54, 1.807) is 0 Å². The monoisotopic (exact) mass is 247 g/mol. The van der Waals surface area contributed by atoms with Crippen LogP contribution >= 0.6 is 0 Å². The zero-order chi connectivity index (χ0) is 12.8. The highest BCUT2D eigenvalue weighted by Gasteiger charge is 2.22. The van der Waals surface area contributed by atoms with Crippen LogP contribution in [0.1, 0.15) is 25.5 Å². The van der Waals surface area contributed by atoms with E-state index in [0.717, 1.165) is 18.9 Å². The summed E-state index contributed by atoms with van der Waals surface area (Å²) in [6.45, 7) is 5.84. The standard InChI is InChI=1S/C15H25N3/c1-13(14-6-5-11-18(2)12-14)16-10-8-15-7-3-4-9-17-15/h3-4,7,9,13-14,16H,5-6,8,10-12H2,1-2H3. The van der Waals surface area contributed by atoms with Crippen LogP contribution in [-0.4, -0.2) is 42.6 Å². The Morgan fingerprint density at radius 3 is 3.11 bits per heavy atom. The molecule has 0 radical (unpaired) electrons. The first-order valence-electron chi connectivity index (χ1n) is 7.07. The molecule has 2 atom stereocenters. The molecule has 18 heavy (non-hydrogen) atoms. The fourth-order valence-electron chi connectivity index (χ4n) is 2.75. The average molecular weight is 247 g/mol. The number of rotatable bonds is 5. The molecule has 1 aromatic rings. The van der Waals surface area contributed by atoms with Crippen molar-refractivity contribution in [3.05, 3.63) is 30.1 Å². The first kappa shape index (κ1) is 13.5. The minimum absolute atomic E-state index is 0.608. The summed E-state index contributed by atoms with van der Waals surface area (Å²) in [6.07, 6.45) is 5.60. The number of hydrogen-bond donors (Lipinski definition) is 1. The molecule has 2 heterocycles. The topological polar surface area (TPSA) is 28.2 Å². The van der Waals surface area contributed by atoms with Gasteiger partial charge >= 0.3 is 0 Å². The van der Waals surface area contributed by atoms with Crippen LogP contribution in [0.4, 0.5) is 0 Å². The maximum Gasteiger partial charge on any atom is 0.0416 e. The summed E-state index contributed by atoms with van der Waals surface area (Å²) in [5, 5.41) is 3.65. The minimum atomic E-state index is 0.608. The number of piperidine rings is 1. The van der Waals surface area contributed by atoms with Crippen LogP contribution in [0.3, 0.4) is 0 Å². The molecule has 1 aromatic heterocycles. The van der Waals surface area contributed by atoms with Crippen LogP contribution in [0.2, 0.25) is 0 Å². The Labute approximate surface area is 111 Å². The Morgan fingerprint density at radius 2 is 2.39 bits per heavy atom. The molecule has 1 N–H and O–H groups in total. The van der Waals surface area contributed by atoms with E-state index in [1.165, 1.54) is 31.6 Å². The first-order chi connectivity index (χ1) is 8.75. The van der Waals surface area contributed by atoms with Crippen LogP contribution in [0.15, 0.2) is 24.4 Å². The van der Waals surface area contributed by atoms with E-state index in [4.69, 9.17) is 0 Å². The molecule has 1 aliphatic rings. The normalized spacial score (nSPS) is 22.9. The lowest BCUT2D eigenvalue weighted by Gasteiger charge is -2.34. The van der Waals surface area contributed by atoms with E-state index < -0.39 is 0 Å². The van der Waals surface area contributed by atoms with E-state index in [-0.39, 0.29) is 0 Å². The molecule has 0 saturated carbocycles. The van der Waals surface area contributed by atoms with E-state index in [1.807, 2.05) is 12.3 Å². The highest BCUT2D eigenvalue weighted by molar-refractivity contribution is 5.03. The van der Waals surface area contributed by atoms with Gasteiger partial charge in [0.05, 0.1) is 0 Å². The largest absolute Gasteiger partial charge is 0.314 e. The second-order valence-electron chi connectivity index (χ2n) is 5.48. The Hall–Kier alpha value is -0.930. The van der Waals surface area contributed by atoms with Gasteiger partial charge in [0.25, 0.3) is 0 Å². The molecule has 1 saturated heterocycles. The molecule has 100 valence electrons. The third-order valence-electron chi connectivity index (χ3n) is 3.94. The van der Waals surface area contributed by atoms with Gasteiger partial charge in [0.2, 0.25) is 0 Å². The van der Waals surface area contributed by atoms with Gasteiger partial charge < -0.3 is 10.2 Å². The van der Waals surface area contributed by atoms with Crippen LogP contribution in [-0.2, 0) is 6.42 Å². The number of likely N-dealkylation sites (tertiary alicyclic amines) is 1. The van der Waals surface area contributed by atoms with Gasteiger partial charge in [-0.05, 0) is 51.4 Å². The summed E-state index contributed by atoms with van der Waals surface area (Å²) in [5.74, 6) is 0.799. The van der Waals surface area contributed by atoms with Crippen LogP contribution in [0.5, 0.6) is 0 Å².